The van der Waals surface area contributed by atoms with E-state index < -0.39 is 4.92 Å². The summed E-state index contributed by atoms with van der Waals surface area (Å²) in [4.78, 5) is 22.9. The van der Waals surface area contributed by atoms with Crippen LogP contribution in [0.15, 0.2) is 29.6 Å². The molecule has 0 saturated carbocycles. The van der Waals surface area contributed by atoms with Crippen molar-refractivity contribution in [3.63, 3.8) is 0 Å². The summed E-state index contributed by atoms with van der Waals surface area (Å²) in [5.74, 6) is -0.0890. The molecule has 8 heteroatoms. The number of carbonyl (C=O) groups is 1. The number of nitro groups is 1. The lowest BCUT2D eigenvalue weighted by molar-refractivity contribution is -0.385. The van der Waals surface area contributed by atoms with Crippen molar-refractivity contribution in [1.29, 1.82) is 0 Å². The van der Waals surface area contributed by atoms with Gasteiger partial charge in [0.25, 0.3) is 5.91 Å². The lowest BCUT2D eigenvalue weighted by Gasteiger charge is -2.11. The predicted octanol–water partition coefficient (Wildman–Crippen LogP) is 2.93. The Hall–Kier alpha value is -2.61. The molecule has 0 aliphatic rings. The molecule has 1 amide bonds. The van der Waals surface area contributed by atoms with Gasteiger partial charge in [-0.1, -0.05) is 6.07 Å². The van der Waals surface area contributed by atoms with Gasteiger partial charge in [0.1, 0.15) is 5.75 Å². The van der Waals surface area contributed by atoms with Gasteiger partial charge in [-0.15, -0.1) is 11.3 Å². The van der Waals surface area contributed by atoms with Crippen LogP contribution in [0.3, 0.4) is 0 Å². The molecule has 7 nitrogen and oxygen atoms in total. The van der Waals surface area contributed by atoms with Gasteiger partial charge in [0.15, 0.2) is 5.75 Å². The molecule has 0 aliphatic carbocycles. The van der Waals surface area contributed by atoms with Crippen molar-refractivity contribution in [2.45, 2.75) is 0 Å². The van der Waals surface area contributed by atoms with Gasteiger partial charge in [0.2, 0.25) is 0 Å². The maximum atomic E-state index is 12.0. The third-order valence-corrected chi connectivity index (χ3v) is 3.56. The number of nitrogens with one attached hydrogen (secondary N) is 1. The molecule has 1 heterocycles. The minimum Gasteiger partial charge on any atom is -0.494 e. The minimum absolute atomic E-state index is 0.0438. The SMILES string of the molecule is COc1cc([N+](=O)[O-])c(OC)cc1NC(=O)c1cccs1. The molecule has 1 aromatic carbocycles. The molecule has 0 fully saturated rings. The van der Waals surface area contributed by atoms with Gasteiger partial charge >= 0.3 is 5.69 Å². The molecular formula is C13H12N2O5S. The zero-order chi connectivity index (χ0) is 15.4. The first-order chi connectivity index (χ1) is 10.1. The zero-order valence-corrected chi connectivity index (χ0v) is 12.1. The van der Waals surface area contributed by atoms with Crippen molar-refractivity contribution >= 4 is 28.6 Å². The highest BCUT2D eigenvalue weighted by atomic mass is 32.1. The molecule has 21 heavy (non-hydrogen) atoms. The average Bonchev–Trinajstić information content (AvgIpc) is 3.00. The molecule has 2 rings (SSSR count). The van der Waals surface area contributed by atoms with Crippen molar-refractivity contribution in [3.8, 4) is 11.5 Å². The molecule has 2 aromatic rings. The van der Waals surface area contributed by atoms with Crippen molar-refractivity contribution in [2.75, 3.05) is 19.5 Å². The van der Waals surface area contributed by atoms with Crippen LogP contribution in [0.1, 0.15) is 9.67 Å². The van der Waals surface area contributed by atoms with Gasteiger partial charge < -0.3 is 14.8 Å². The van der Waals surface area contributed by atoms with E-state index in [-0.39, 0.29) is 23.1 Å². The number of methoxy groups -OCH3 is 2. The minimum atomic E-state index is -0.577. The van der Waals surface area contributed by atoms with Crippen LogP contribution < -0.4 is 14.8 Å². The molecule has 0 radical (unpaired) electrons. The normalized spacial score (nSPS) is 10.0. The maximum absolute atomic E-state index is 12.0. The van der Waals surface area contributed by atoms with Crippen LogP contribution in [0.25, 0.3) is 0 Å². The summed E-state index contributed by atoms with van der Waals surface area (Å²) in [6.45, 7) is 0. The number of nitro benzene ring substituents is 1. The standard InChI is InChI=1S/C13H12N2O5S/c1-19-10-7-9(15(17)18)11(20-2)6-8(10)14-13(16)12-4-3-5-21-12/h3-7H,1-2H3,(H,14,16). The molecule has 0 atom stereocenters. The Morgan fingerprint density at radius 3 is 2.52 bits per heavy atom. The van der Waals surface area contributed by atoms with E-state index in [9.17, 15) is 14.9 Å². The summed E-state index contributed by atoms with van der Waals surface area (Å²) in [5, 5.41) is 15.4. The second kappa shape index (κ2) is 6.23. The lowest BCUT2D eigenvalue weighted by atomic mass is 10.2. The number of hydrogen-bond acceptors (Lipinski definition) is 6. The Morgan fingerprint density at radius 2 is 2.00 bits per heavy atom. The monoisotopic (exact) mass is 308 g/mol. The van der Waals surface area contributed by atoms with E-state index in [1.54, 1.807) is 17.5 Å². The molecule has 1 aromatic heterocycles. The molecule has 0 aliphatic heterocycles. The Kier molecular flexibility index (Phi) is 4.39. The van der Waals surface area contributed by atoms with Crippen molar-refractivity contribution in [2.24, 2.45) is 0 Å². The van der Waals surface area contributed by atoms with Crippen LogP contribution in [0.5, 0.6) is 11.5 Å². The largest absolute Gasteiger partial charge is 0.494 e. The maximum Gasteiger partial charge on any atom is 0.314 e. The number of amides is 1. The molecule has 1 N–H and O–H groups in total. The lowest BCUT2D eigenvalue weighted by Crippen LogP contribution is -2.11. The van der Waals surface area contributed by atoms with Crippen LogP contribution in [0.2, 0.25) is 0 Å². The summed E-state index contributed by atoms with van der Waals surface area (Å²) in [6.07, 6.45) is 0. The van der Waals surface area contributed by atoms with Crippen LogP contribution in [-0.4, -0.2) is 25.1 Å². The van der Waals surface area contributed by atoms with Crippen LogP contribution in [-0.2, 0) is 0 Å². The molecule has 0 unspecified atom stereocenters. The van der Waals surface area contributed by atoms with Crippen LogP contribution in [0.4, 0.5) is 11.4 Å². The Morgan fingerprint density at radius 1 is 1.29 bits per heavy atom. The van der Waals surface area contributed by atoms with E-state index in [0.717, 1.165) is 0 Å². The Bertz CT molecular complexity index is 669. The second-order valence-corrected chi connectivity index (χ2v) is 4.86. The van der Waals surface area contributed by atoms with Gasteiger partial charge in [-0.2, -0.15) is 0 Å². The summed E-state index contributed by atoms with van der Waals surface area (Å²) >= 11 is 1.29. The number of thiophene rings is 1. The van der Waals surface area contributed by atoms with Gasteiger partial charge in [0.05, 0.1) is 35.8 Å². The summed E-state index contributed by atoms with van der Waals surface area (Å²) in [6, 6.07) is 6.01. The number of ether oxygens (including phenoxy) is 2. The summed E-state index contributed by atoms with van der Waals surface area (Å²) in [7, 11) is 2.69. The van der Waals surface area contributed by atoms with E-state index in [0.29, 0.717) is 10.6 Å². The van der Waals surface area contributed by atoms with Crippen molar-refractivity contribution in [1.82, 2.24) is 0 Å². The molecule has 0 saturated heterocycles. The predicted molar refractivity (Wildman–Crippen MR) is 78.5 cm³/mol. The van der Waals surface area contributed by atoms with E-state index in [2.05, 4.69) is 5.32 Å². The molecular weight excluding hydrogens is 296 g/mol. The fraction of sp³-hybridized carbons (Fsp3) is 0.154. The number of rotatable bonds is 5. The number of benzene rings is 1. The summed E-state index contributed by atoms with van der Waals surface area (Å²) in [5.41, 5.74) is 0.0711. The fourth-order valence-electron chi connectivity index (χ4n) is 1.71. The Labute approximate surface area is 124 Å². The van der Waals surface area contributed by atoms with E-state index in [1.807, 2.05) is 0 Å². The Balaban J connectivity index is 2.38. The molecule has 0 spiro atoms. The van der Waals surface area contributed by atoms with Crippen LogP contribution >= 0.6 is 11.3 Å². The topological polar surface area (TPSA) is 90.7 Å². The summed E-state index contributed by atoms with van der Waals surface area (Å²) < 4.78 is 10.1. The van der Waals surface area contributed by atoms with Crippen molar-refractivity contribution in [3.05, 3.63) is 44.6 Å². The van der Waals surface area contributed by atoms with E-state index in [4.69, 9.17) is 9.47 Å². The average molecular weight is 308 g/mol. The number of nitrogens with zero attached hydrogens (tertiary/aromatic N) is 1. The van der Waals surface area contributed by atoms with Gasteiger partial charge in [-0.3, -0.25) is 14.9 Å². The third kappa shape index (κ3) is 3.11. The fourth-order valence-corrected chi connectivity index (χ4v) is 2.33. The van der Waals surface area contributed by atoms with Crippen LogP contribution in [0, 0.1) is 10.1 Å². The number of hydrogen-bond donors (Lipinski definition) is 1. The highest BCUT2D eigenvalue weighted by molar-refractivity contribution is 7.12. The highest BCUT2D eigenvalue weighted by Gasteiger charge is 2.21. The van der Waals surface area contributed by atoms with Gasteiger partial charge in [-0.05, 0) is 11.4 Å². The molecule has 110 valence electrons. The van der Waals surface area contributed by atoms with Gasteiger partial charge in [-0.25, -0.2) is 0 Å². The highest BCUT2D eigenvalue weighted by Crippen LogP contribution is 2.37. The first kappa shape index (κ1) is 14.8. The molecule has 0 bridgehead atoms. The third-order valence-electron chi connectivity index (χ3n) is 2.69. The van der Waals surface area contributed by atoms with E-state index in [1.165, 1.54) is 37.7 Å². The first-order valence-corrected chi connectivity index (χ1v) is 6.70. The number of carbonyl (C=O) groups excluding carboxylic acids is 1. The zero-order valence-electron chi connectivity index (χ0n) is 11.3. The second-order valence-electron chi connectivity index (χ2n) is 3.91. The quantitative estimate of drug-likeness (QED) is 0.677. The van der Waals surface area contributed by atoms with Gasteiger partial charge in [0, 0.05) is 6.07 Å². The first-order valence-electron chi connectivity index (χ1n) is 5.82. The smallest absolute Gasteiger partial charge is 0.314 e. The van der Waals surface area contributed by atoms with Crippen molar-refractivity contribution < 1.29 is 19.2 Å². The number of anilines is 1. The van der Waals surface area contributed by atoms with E-state index >= 15 is 0 Å².